The fourth-order valence-electron chi connectivity index (χ4n) is 1.93. The van der Waals surface area contributed by atoms with Crippen LogP contribution in [0.2, 0.25) is 0 Å². The molecule has 0 aliphatic carbocycles. The molecule has 0 rings (SSSR count). The molecule has 51 nitrogen and oxygen atoms in total. The maximum Gasteiger partial charge on any atom is 3.00 e. The smallest absolute Gasteiger partial charge is 0.790 e. The molecule has 0 saturated heterocycles. The zero-order chi connectivity index (χ0) is 57.5. The average Bonchev–Trinajstić information content (AvgIpc) is 2.85. The van der Waals surface area contributed by atoms with Crippen LogP contribution in [0.3, 0.4) is 0 Å². The Morgan fingerprint density at radius 1 is 0.221 bits per heavy atom. The van der Waals surface area contributed by atoms with Crippen LogP contribution < -0.4 is 120 Å². The van der Waals surface area contributed by atoms with Gasteiger partial charge in [-0.05, 0) is 0 Å². The maximum absolute atomic E-state index is 10.7. The number of hydrogen-bond acceptors (Lipinski definition) is 51. The number of rotatable bonds is 28. The van der Waals surface area contributed by atoms with Crippen LogP contribution in [0.5, 0.6) is 0 Å². The largest absolute Gasteiger partial charge is 3.00 e. The van der Waals surface area contributed by atoms with Crippen molar-refractivity contribution in [2.75, 3.05) is 26.2 Å². The normalized spacial score (nSPS) is 18.9. The summed E-state index contributed by atoms with van der Waals surface area (Å²) in [5, 5.41) is 3.03. The second kappa shape index (κ2) is 41.8. The van der Waals surface area contributed by atoms with Crippen LogP contribution in [0.1, 0.15) is 0 Å². The van der Waals surface area contributed by atoms with E-state index in [0.717, 1.165) is 13.1 Å². The summed E-state index contributed by atoms with van der Waals surface area (Å²) in [6, 6.07) is 0. The van der Waals surface area contributed by atoms with Gasteiger partial charge in [0, 0.05) is 26.2 Å². The third-order valence-corrected chi connectivity index (χ3v) is 22.2. The SMILES string of the molecule is NCCNCCN.O=P([O-])([O-])OP(=O)([O-])OP(=O)([O-])OP(=O)([O-])OP(=O)([O-])[O-].O=P([O-])([O-])OP(=O)([O-])OP(=O)([O-])OP(=O)([O-])OP(=O)([O-])[O-].O=P([O-])([O-])OP(=O)([O-])OP(=O)([O-])OP(=O)([O-])OP(=O)([O-])[O-].[Fe+3].[Fe+3].[Fe+3].[Fe+3].[Fe+3].[Fe+3].[Fe+3]. The summed E-state index contributed by atoms with van der Waals surface area (Å²) in [6.07, 6.45) is 0. The molecule has 0 saturated carbocycles. The van der Waals surface area contributed by atoms with Crippen molar-refractivity contribution >= 4 is 117 Å². The minimum Gasteiger partial charge on any atom is -0.790 e. The van der Waals surface area contributed by atoms with Gasteiger partial charge in [0.05, 0.1) is 46.9 Å². The molecule has 6 unspecified atom stereocenters. The minimum absolute atomic E-state index is 0. The predicted molar refractivity (Wildman–Crippen MR) is 158 cm³/mol. The van der Waals surface area contributed by atoms with Crippen molar-refractivity contribution in [1.82, 2.24) is 5.32 Å². The summed E-state index contributed by atoms with van der Waals surface area (Å²) < 4.78 is 188. The number of nitrogens with two attached hydrogens (primary N) is 2. The van der Waals surface area contributed by atoms with E-state index in [9.17, 15) is 171 Å². The van der Waals surface area contributed by atoms with E-state index in [-0.39, 0.29) is 119 Å². The fraction of sp³-hybridized carbons (Fsp3) is 1.00. The minimum atomic E-state index is -6.56. The van der Waals surface area contributed by atoms with E-state index in [1.54, 1.807) is 0 Å². The quantitative estimate of drug-likeness (QED) is 0.0372. The van der Waals surface area contributed by atoms with Gasteiger partial charge in [-0.25, -0.2) is 25.9 Å². The van der Waals surface area contributed by atoms with Crippen LogP contribution in [-0.2, 0) is 240 Å². The van der Waals surface area contributed by atoms with Crippen LogP contribution in [0.4, 0.5) is 0 Å². The molecule has 5 N–H and O–H groups in total. The van der Waals surface area contributed by atoms with Crippen molar-refractivity contribution in [3.8, 4) is 0 Å². The zero-order valence-corrected chi connectivity index (χ0v) is 54.4. The van der Waals surface area contributed by atoms with Gasteiger partial charge in [-0.3, -0.25) is 66.9 Å². The van der Waals surface area contributed by atoms with Crippen molar-refractivity contribution in [1.29, 1.82) is 0 Å². The van der Waals surface area contributed by atoms with Gasteiger partial charge in [0.2, 0.25) is 0 Å². The zero-order valence-electron chi connectivity index (χ0n) is 33.3. The monoisotopic (exact) mass is 1730 g/mol. The predicted octanol–water partition coefficient (Wildman–Crippen LogP) is -16.2. The molecule has 7 radical (unpaired) electrons. The van der Waals surface area contributed by atoms with Gasteiger partial charge in [0.15, 0.2) is 0 Å². The van der Waals surface area contributed by atoms with Crippen molar-refractivity contribution in [2.24, 2.45) is 11.5 Å². The first-order valence-electron chi connectivity index (χ1n) is 13.5. The van der Waals surface area contributed by atoms with Crippen molar-refractivity contribution in [3.05, 3.63) is 0 Å². The number of hydrogen-bond donors (Lipinski definition) is 3. The summed E-state index contributed by atoms with van der Waals surface area (Å²) in [4.78, 5) is 215. The van der Waals surface area contributed by atoms with Gasteiger partial charge in [0.25, 0.3) is 70.4 Å². The molecule has 6 atom stereocenters. The van der Waals surface area contributed by atoms with E-state index in [4.69, 9.17) is 11.5 Å². The molecule has 0 aliphatic heterocycles. The van der Waals surface area contributed by atoms with Gasteiger partial charge < -0.3 is 147 Å². The molecule has 0 heterocycles. The molecular weight excluding hydrogens is 1710 g/mol. The molecule has 0 aromatic carbocycles. The van der Waals surface area contributed by atoms with Crippen LogP contribution >= 0.6 is 117 Å². The third-order valence-electron chi connectivity index (χ3n) is 3.04. The van der Waals surface area contributed by atoms with E-state index in [2.05, 4.69) is 57.0 Å². The Morgan fingerprint density at radius 2 is 0.312 bits per heavy atom. The molecule has 0 spiro atoms. The van der Waals surface area contributed by atoms with E-state index in [1.807, 2.05) is 0 Å². The second-order valence-corrected chi connectivity index (χ2v) is 30.3. The van der Waals surface area contributed by atoms with Crippen molar-refractivity contribution in [2.45, 2.75) is 0 Å². The summed E-state index contributed by atoms with van der Waals surface area (Å²) in [7, 11) is -96.2. The van der Waals surface area contributed by atoms with E-state index in [1.165, 1.54) is 0 Å². The molecule has 77 heavy (non-hydrogen) atoms. The standard InChI is InChI=1S/C4H13N3.7Fe.3H7O16P5/c5-1-3-7-4-2-6;;;;;;;;3*1-17(2,3)13-19(7,8)15-21(11,12)16-20(9,10)14-18(4,5)6/h7H,1-6H2;;;;;;;;3*(H,7,8)(H,9,10)(H,11,12)(H2,1,2,3)(H2,4,5,6)/q;7*+3;;;/p-21. The molecule has 463 valence electrons. The van der Waals surface area contributed by atoms with E-state index < -0.39 is 117 Å². The summed E-state index contributed by atoms with van der Waals surface area (Å²) in [6.45, 7) is 3.13. The van der Waals surface area contributed by atoms with Crippen LogP contribution in [0, 0.1) is 0 Å². The Bertz CT molecular complexity index is 2050. The first-order valence-corrected chi connectivity index (χ1v) is 35.4. The first kappa shape index (κ1) is 107. The average molecular weight is 1730 g/mol. The van der Waals surface area contributed by atoms with Gasteiger partial charge in [-0.1, -0.05) is 0 Å². The first-order chi connectivity index (χ1) is 29.9. The summed E-state index contributed by atoms with van der Waals surface area (Å²) in [5.41, 5.74) is 10.3. The van der Waals surface area contributed by atoms with Crippen LogP contribution in [0.25, 0.3) is 0 Å². The van der Waals surface area contributed by atoms with Gasteiger partial charge in [-0.2, -0.15) is 0 Å². The number of phosphoric acid groups is 15. The summed E-state index contributed by atoms with van der Waals surface area (Å²) >= 11 is 0. The Kier molecular flexibility index (Phi) is 58.3. The molecule has 0 aromatic heterocycles. The molecule has 0 aromatic rings. The van der Waals surface area contributed by atoms with Gasteiger partial charge in [-0.15, -0.1) is 0 Å². The molecular formula is C4H13Fe7N3O48P15. The topological polar surface area (TPSA) is 915 Å². The fourth-order valence-corrected chi connectivity index (χ4v) is 17.2. The molecule has 73 heteroatoms. The van der Waals surface area contributed by atoms with Crippen LogP contribution in [-0.4, -0.2) is 26.2 Å². The van der Waals surface area contributed by atoms with E-state index >= 15 is 0 Å². The Labute approximate surface area is 499 Å². The Hall–Kier alpha value is 5.65. The third kappa shape index (κ3) is 77.7. The maximum atomic E-state index is 10.7. The van der Waals surface area contributed by atoms with Crippen molar-refractivity contribution in [3.63, 3.8) is 0 Å². The molecule has 0 aliphatic rings. The van der Waals surface area contributed by atoms with Crippen molar-refractivity contribution < 1.29 is 342 Å². The Morgan fingerprint density at radius 3 is 0.390 bits per heavy atom. The summed E-state index contributed by atoms with van der Waals surface area (Å²) in [5.74, 6) is 0. The van der Waals surface area contributed by atoms with Gasteiger partial charge >= 0.3 is 119 Å². The van der Waals surface area contributed by atoms with Crippen LogP contribution in [0.15, 0.2) is 0 Å². The molecule has 0 amide bonds. The number of nitrogens with one attached hydrogen (secondary N) is 1. The second-order valence-electron chi connectivity index (χ2n) is 9.02. The Balaban J connectivity index is -0.0000000849. The molecule has 0 bridgehead atoms. The van der Waals surface area contributed by atoms with E-state index in [0.29, 0.717) is 13.1 Å². The molecule has 0 fully saturated rings. The van der Waals surface area contributed by atoms with Gasteiger partial charge in [0.1, 0.15) is 0 Å².